The van der Waals surface area contributed by atoms with Crippen LogP contribution in [0.4, 0.5) is 5.00 Å². The van der Waals surface area contributed by atoms with E-state index in [1.54, 1.807) is 6.92 Å². The minimum absolute atomic E-state index is 0.289. The van der Waals surface area contributed by atoms with Gasteiger partial charge in [-0.2, -0.15) is 0 Å². The Kier molecular flexibility index (Phi) is 7.37. The minimum atomic E-state index is -0.998. The summed E-state index contributed by atoms with van der Waals surface area (Å²) in [5, 5.41) is 3.27. The number of carbonyl (C=O) groups excluding carboxylic acids is 3. The number of esters is 2. The number of methoxy groups -OCH3 is 1. The Morgan fingerprint density at radius 2 is 1.85 bits per heavy atom. The topological polar surface area (TPSA) is 94.6 Å². The van der Waals surface area contributed by atoms with Gasteiger partial charge in [0.05, 0.1) is 18.2 Å². The predicted octanol–water partition coefficient (Wildman–Crippen LogP) is 4.78. The summed E-state index contributed by atoms with van der Waals surface area (Å²) in [5.41, 5.74) is 2.91. The van der Waals surface area contributed by atoms with Gasteiger partial charge in [-0.3, -0.25) is 9.78 Å². The van der Waals surface area contributed by atoms with Crippen molar-refractivity contribution in [2.24, 2.45) is 0 Å². The van der Waals surface area contributed by atoms with Crippen molar-refractivity contribution in [1.82, 2.24) is 4.98 Å². The number of rotatable bonds is 7. The van der Waals surface area contributed by atoms with Crippen LogP contribution >= 0.6 is 11.3 Å². The van der Waals surface area contributed by atoms with Crippen LogP contribution in [0.2, 0.25) is 0 Å². The molecule has 0 spiro atoms. The van der Waals surface area contributed by atoms with E-state index in [4.69, 9.17) is 9.47 Å². The number of aromatic nitrogens is 1. The van der Waals surface area contributed by atoms with Crippen LogP contribution in [-0.4, -0.2) is 36.0 Å². The fourth-order valence-electron chi connectivity index (χ4n) is 4.20. The molecule has 0 aliphatic heterocycles. The maximum Gasteiger partial charge on any atom is 0.341 e. The molecule has 0 bridgehead atoms. The molecule has 2 unspecified atom stereocenters. The highest BCUT2D eigenvalue weighted by Crippen LogP contribution is 2.42. The lowest BCUT2D eigenvalue weighted by atomic mass is 9.83. The number of carbonyl (C=O) groups is 3. The average molecular weight is 479 g/mol. The number of benzene rings is 1. The third-order valence-electron chi connectivity index (χ3n) is 5.99. The molecule has 2 atom stereocenters. The van der Waals surface area contributed by atoms with Crippen molar-refractivity contribution >= 4 is 34.2 Å². The summed E-state index contributed by atoms with van der Waals surface area (Å²) in [6, 6.07) is 13.4. The van der Waals surface area contributed by atoms with E-state index in [1.807, 2.05) is 18.2 Å². The molecule has 1 aromatic carbocycles. The zero-order valence-electron chi connectivity index (χ0n) is 19.1. The fraction of sp³-hybridized carbons (Fsp3) is 0.308. The maximum absolute atomic E-state index is 13.0. The summed E-state index contributed by atoms with van der Waals surface area (Å²) < 4.78 is 10.5. The van der Waals surface area contributed by atoms with Gasteiger partial charge in [0, 0.05) is 17.3 Å². The monoisotopic (exact) mass is 478 g/mol. The second-order valence-corrected chi connectivity index (χ2v) is 9.18. The van der Waals surface area contributed by atoms with E-state index in [9.17, 15) is 14.4 Å². The number of hydrogen-bond acceptors (Lipinski definition) is 7. The van der Waals surface area contributed by atoms with E-state index in [2.05, 4.69) is 22.4 Å². The standard InChI is InChI=1S/C26H26N2O5S/c1-3-20(33-25(30)17-11-13-27-14-12-17)23(29)28-24-22(26(31)32-2)19-10-9-18(15-21(19)34-24)16-7-5-4-6-8-16/h4-8,11-14,18,20H,3,9-10,15H2,1-2H3,(H,28,29). The van der Waals surface area contributed by atoms with E-state index in [-0.39, 0.29) is 6.42 Å². The first-order chi connectivity index (χ1) is 16.5. The molecule has 0 fully saturated rings. The number of fused-ring (bicyclic) bond motifs is 1. The lowest BCUT2D eigenvalue weighted by Crippen LogP contribution is -2.32. The van der Waals surface area contributed by atoms with Gasteiger partial charge in [-0.25, -0.2) is 9.59 Å². The third kappa shape index (κ3) is 5.02. The zero-order chi connectivity index (χ0) is 24.1. The summed E-state index contributed by atoms with van der Waals surface area (Å²) in [7, 11) is 1.33. The van der Waals surface area contributed by atoms with Crippen LogP contribution in [0.3, 0.4) is 0 Å². The van der Waals surface area contributed by atoms with E-state index in [1.165, 1.54) is 48.5 Å². The molecule has 3 aromatic rings. The SMILES string of the molecule is CCC(OC(=O)c1ccncc1)C(=O)Nc1sc2c(c1C(=O)OC)CCC(c1ccccc1)C2. The second kappa shape index (κ2) is 10.6. The first-order valence-corrected chi connectivity index (χ1v) is 12.0. The normalized spacial score (nSPS) is 15.6. The van der Waals surface area contributed by atoms with Gasteiger partial charge in [-0.1, -0.05) is 37.3 Å². The molecule has 0 radical (unpaired) electrons. The van der Waals surface area contributed by atoms with Gasteiger partial charge in [0.1, 0.15) is 5.00 Å². The molecule has 176 valence electrons. The van der Waals surface area contributed by atoms with Crippen LogP contribution in [0.25, 0.3) is 0 Å². The molecular formula is C26H26N2O5S. The smallest absolute Gasteiger partial charge is 0.341 e. The van der Waals surface area contributed by atoms with E-state index in [0.29, 0.717) is 22.0 Å². The number of thiophene rings is 1. The molecular weight excluding hydrogens is 452 g/mol. The first kappa shape index (κ1) is 23.6. The van der Waals surface area contributed by atoms with Crippen molar-refractivity contribution in [3.8, 4) is 0 Å². The van der Waals surface area contributed by atoms with Crippen molar-refractivity contribution in [2.45, 2.75) is 44.6 Å². The van der Waals surface area contributed by atoms with E-state index >= 15 is 0 Å². The zero-order valence-corrected chi connectivity index (χ0v) is 19.9. The third-order valence-corrected chi connectivity index (χ3v) is 7.16. The molecule has 4 rings (SSSR count). The van der Waals surface area contributed by atoms with Gasteiger partial charge < -0.3 is 14.8 Å². The Balaban J connectivity index is 1.55. The Morgan fingerprint density at radius 1 is 1.12 bits per heavy atom. The number of nitrogens with one attached hydrogen (secondary N) is 1. The van der Waals surface area contributed by atoms with Crippen LogP contribution in [-0.2, 0) is 27.1 Å². The van der Waals surface area contributed by atoms with Crippen LogP contribution < -0.4 is 5.32 Å². The molecule has 0 saturated heterocycles. The van der Waals surface area contributed by atoms with Gasteiger partial charge in [-0.05, 0) is 54.9 Å². The largest absolute Gasteiger partial charge is 0.465 e. The van der Waals surface area contributed by atoms with Crippen molar-refractivity contribution in [3.63, 3.8) is 0 Å². The summed E-state index contributed by atoms with van der Waals surface area (Å²) >= 11 is 1.39. The van der Waals surface area contributed by atoms with Gasteiger partial charge in [0.2, 0.25) is 0 Å². The van der Waals surface area contributed by atoms with Crippen LogP contribution in [0.1, 0.15) is 62.4 Å². The fourth-order valence-corrected chi connectivity index (χ4v) is 5.52. The quantitative estimate of drug-likeness (QED) is 0.491. The number of ether oxygens (including phenoxy) is 2. The molecule has 0 saturated carbocycles. The molecule has 2 heterocycles. The highest BCUT2D eigenvalue weighted by Gasteiger charge is 2.32. The highest BCUT2D eigenvalue weighted by molar-refractivity contribution is 7.17. The van der Waals surface area contributed by atoms with Crippen molar-refractivity contribution < 1.29 is 23.9 Å². The Bertz CT molecular complexity index is 1180. The van der Waals surface area contributed by atoms with Crippen molar-refractivity contribution in [2.75, 3.05) is 12.4 Å². The lowest BCUT2D eigenvalue weighted by molar-refractivity contribution is -0.124. The maximum atomic E-state index is 13.0. The molecule has 7 nitrogen and oxygen atoms in total. The number of hydrogen-bond donors (Lipinski definition) is 1. The summed E-state index contributed by atoms with van der Waals surface area (Å²) in [5.74, 6) is -1.21. The lowest BCUT2D eigenvalue weighted by Gasteiger charge is -2.22. The Hall–Kier alpha value is -3.52. The first-order valence-electron chi connectivity index (χ1n) is 11.2. The summed E-state index contributed by atoms with van der Waals surface area (Å²) in [6.07, 6.45) is 4.68. The minimum Gasteiger partial charge on any atom is -0.465 e. The summed E-state index contributed by atoms with van der Waals surface area (Å²) in [4.78, 5) is 43.0. The molecule has 1 aliphatic rings. The number of amides is 1. The summed E-state index contributed by atoms with van der Waals surface area (Å²) in [6.45, 7) is 1.76. The van der Waals surface area contributed by atoms with Gasteiger partial charge in [-0.15, -0.1) is 11.3 Å². The predicted molar refractivity (Wildman–Crippen MR) is 129 cm³/mol. The molecule has 2 aromatic heterocycles. The molecule has 1 aliphatic carbocycles. The van der Waals surface area contributed by atoms with Gasteiger partial charge >= 0.3 is 11.9 Å². The Morgan fingerprint density at radius 3 is 2.53 bits per heavy atom. The van der Waals surface area contributed by atoms with Crippen LogP contribution in [0.5, 0.6) is 0 Å². The van der Waals surface area contributed by atoms with Crippen LogP contribution in [0.15, 0.2) is 54.9 Å². The van der Waals surface area contributed by atoms with E-state index in [0.717, 1.165) is 29.7 Å². The Labute approximate surface area is 202 Å². The van der Waals surface area contributed by atoms with Crippen molar-refractivity contribution in [1.29, 1.82) is 0 Å². The van der Waals surface area contributed by atoms with Crippen LogP contribution in [0, 0.1) is 0 Å². The van der Waals surface area contributed by atoms with E-state index < -0.39 is 23.9 Å². The number of anilines is 1. The average Bonchev–Trinajstić information content (AvgIpc) is 3.24. The molecule has 8 heteroatoms. The molecule has 1 amide bonds. The molecule has 34 heavy (non-hydrogen) atoms. The number of pyridine rings is 1. The van der Waals surface area contributed by atoms with Gasteiger partial charge in [0.15, 0.2) is 6.10 Å². The highest BCUT2D eigenvalue weighted by atomic mass is 32.1. The number of nitrogens with zero attached hydrogens (tertiary/aromatic N) is 1. The van der Waals surface area contributed by atoms with Gasteiger partial charge in [0.25, 0.3) is 5.91 Å². The van der Waals surface area contributed by atoms with Crippen molar-refractivity contribution in [3.05, 3.63) is 82.0 Å². The second-order valence-electron chi connectivity index (χ2n) is 8.08. The molecule has 1 N–H and O–H groups in total.